The molecule has 1 aromatic heterocycles. The highest BCUT2D eigenvalue weighted by molar-refractivity contribution is 6.14. The molecule has 6 nitrogen and oxygen atoms in total. The molecule has 0 unspecified atom stereocenters. The molecule has 0 amide bonds. The van der Waals surface area contributed by atoms with Crippen molar-refractivity contribution in [1.82, 2.24) is 4.98 Å². The molecule has 152 valence electrons. The fraction of sp³-hybridized carbons (Fsp3) is 0.208. The van der Waals surface area contributed by atoms with Crippen LogP contribution in [0.1, 0.15) is 25.0 Å². The number of nitrogens with two attached hydrogens (primary N) is 1. The number of hydrogen-bond acceptors (Lipinski definition) is 6. The summed E-state index contributed by atoms with van der Waals surface area (Å²) in [7, 11) is 0. The fourth-order valence-corrected chi connectivity index (χ4v) is 3.75. The van der Waals surface area contributed by atoms with Crippen molar-refractivity contribution in [2.45, 2.75) is 12.3 Å². The molecule has 1 aliphatic heterocycles. The maximum absolute atomic E-state index is 9.79. The zero-order valence-corrected chi connectivity index (χ0v) is 16.8. The summed E-state index contributed by atoms with van der Waals surface area (Å²) in [5.74, 6) is 1.43. The van der Waals surface area contributed by atoms with Crippen molar-refractivity contribution < 1.29 is 6.16 Å². The summed E-state index contributed by atoms with van der Waals surface area (Å²) < 4.78 is 5.55. The molecule has 1 fully saturated rings. The summed E-state index contributed by atoms with van der Waals surface area (Å²) in [4.78, 5) is 6.53. The van der Waals surface area contributed by atoms with Crippen LogP contribution in [0.3, 0.4) is 0 Å². The number of nitriles is 1. The van der Waals surface area contributed by atoms with E-state index in [-0.39, 0.29) is 1.43 Å². The van der Waals surface area contributed by atoms with Gasteiger partial charge in [-0.2, -0.15) is 5.26 Å². The van der Waals surface area contributed by atoms with Gasteiger partial charge >= 0.3 is 0 Å². The van der Waals surface area contributed by atoms with E-state index in [9.17, 15) is 5.26 Å². The minimum Gasteiger partial charge on any atom is -0.494 e. The molecule has 6 heteroatoms. The number of nitrogen functional groups attached to an aromatic ring is 1. The molecular weight excluding hydrogens is 374 g/mol. The molecule has 0 radical (unpaired) electrons. The first-order valence-electron chi connectivity index (χ1n) is 9.86. The van der Waals surface area contributed by atoms with Crippen LogP contribution in [-0.2, 0) is 5.41 Å². The van der Waals surface area contributed by atoms with Crippen LogP contribution in [0.2, 0.25) is 0 Å². The predicted molar refractivity (Wildman–Crippen MR) is 120 cm³/mol. The number of aromatic nitrogens is 1. The number of benzene rings is 2. The predicted octanol–water partition coefficient (Wildman–Crippen LogP) is 4.01. The summed E-state index contributed by atoms with van der Waals surface area (Å²) >= 11 is 0. The molecule has 4 rings (SSSR count). The Morgan fingerprint density at radius 2 is 2.00 bits per heavy atom. The van der Waals surface area contributed by atoms with Crippen LogP contribution in [0.15, 0.2) is 66.9 Å². The van der Waals surface area contributed by atoms with E-state index in [0.717, 1.165) is 16.9 Å². The summed E-state index contributed by atoms with van der Waals surface area (Å²) in [6.07, 6.45) is 1.69. The van der Waals surface area contributed by atoms with Crippen LogP contribution >= 0.6 is 0 Å². The zero-order chi connectivity index (χ0) is 21.1. The van der Waals surface area contributed by atoms with Crippen molar-refractivity contribution in [2.75, 3.05) is 30.3 Å². The van der Waals surface area contributed by atoms with Gasteiger partial charge in [-0.15, -0.1) is 0 Å². The standard InChI is InChI=1S/C24H23N5O.H2/c1-2-30-19-8-9-21(26)20(13-19)23(27)17-10-11-28-22(12-17)29-15-24(14-25,16-29)18-6-4-3-5-7-18;/h3-13,27H,2,15-16,26H2,1H3;1H. The van der Waals surface area contributed by atoms with Crippen LogP contribution in [0, 0.1) is 16.7 Å². The highest BCUT2D eigenvalue weighted by Crippen LogP contribution is 2.36. The van der Waals surface area contributed by atoms with Gasteiger partial charge in [-0.3, -0.25) is 5.41 Å². The largest absolute Gasteiger partial charge is 0.494 e. The van der Waals surface area contributed by atoms with E-state index < -0.39 is 5.41 Å². The number of pyridine rings is 1. The molecule has 1 saturated heterocycles. The first-order valence-corrected chi connectivity index (χ1v) is 9.86. The lowest BCUT2D eigenvalue weighted by Gasteiger charge is -2.46. The molecule has 0 bridgehead atoms. The van der Waals surface area contributed by atoms with E-state index in [1.165, 1.54) is 0 Å². The van der Waals surface area contributed by atoms with Gasteiger partial charge in [0.05, 0.1) is 18.4 Å². The highest BCUT2D eigenvalue weighted by Gasteiger charge is 2.45. The molecule has 0 spiro atoms. The number of nitrogens with zero attached hydrogens (tertiary/aromatic N) is 3. The molecule has 30 heavy (non-hydrogen) atoms. The van der Waals surface area contributed by atoms with Crippen molar-refractivity contribution in [2.24, 2.45) is 0 Å². The van der Waals surface area contributed by atoms with Gasteiger partial charge in [-0.25, -0.2) is 4.98 Å². The van der Waals surface area contributed by atoms with E-state index >= 15 is 0 Å². The van der Waals surface area contributed by atoms with Crippen molar-refractivity contribution in [3.63, 3.8) is 0 Å². The lowest BCUT2D eigenvalue weighted by molar-refractivity contribution is 0.340. The molecule has 0 aliphatic carbocycles. The number of rotatable bonds is 6. The van der Waals surface area contributed by atoms with E-state index in [4.69, 9.17) is 15.9 Å². The number of hydrogen-bond donors (Lipinski definition) is 2. The third-order valence-electron chi connectivity index (χ3n) is 5.43. The second kappa shape index (κ2) is 7.88. The molecule has 2 aromatic carbocycles. The van der Waals surface area contributed by atoms with Gasteiger partial charge in [-0.1, -0.05) is 30.3 Å². The first-order chi connectivity index (χ1) is 14.6. The van der Waals surface area contributed by atoms with Crippen LogP contribution in [0.25, 0.3) is 0 Å². The van der Waals surface area contributed by atoms with Gasteiger partial charge in [0.2, 0.25) is 0 Å². The average Bonchev–Trinajstić information content (AvgIpc) is 2.75. The van der Waals surface area contributed by atoms with E-state index in [1.54, 1.807) is 30.5 Å². The smallest absolute Gasteiger partial charge is 0.129 e. The van der Waals surface area contributed by atoms with Crippen LogP contribution in [-0.4, -0.2) is 30.4 Å². The van der Waals surface area contributed by atoms with Crippen LogP contribution in [0.4, 0.5) is 11.5 Å². The SMILES string of the molecule is CCOc1ccc(N)c(C(=N)c2ccnc(N3CC(C#N)(c4ccccc4)C3)c2)c1.[HH]. The zero-order valence-electron chi connectivity index (χ0n) is 16.8. The molecule has 3 aromatic rings. The van der Waals surface area contributed by atoms with Crippen molar-refractivity contribution in [3.05, 3.63) is 83.6 Å². The normalized spacial score (nSPS) is 14.5. The summed E-state index contributed by atoms with van der Waals surface area (Å²) in [5, 5.41) is 18.5. The summed E-state index contributed by atoms with van der Waals surface area (Å²) in [6.45, 7) is 3.60. The minimum atomic E-state index is -0.525. The van der Waals surface area contributed by atoms with Crippen molar-refractivity contribution in [3.8, 4) is 11.8 Å². The lowest BCUT2D eigenvalue weighted by Crippen LogP contribution is -2.59. The van der Waals surface area contributed by atoms with Crippen molar-refractivity contribution >= 4 is 17.2 Å². The monoisotopic (exact) mass is 399 g/mol. The second-order valence-electron chi connectivity index (χ2n) is 7.38. The fourth-order valence-electron chi connectivity index (χ4n) is 3.75. The Balaban J connectivity index is 0.00000272. The Labute approximate surface area is 177 Å². The molecular formula is C24H25N5O. The van der Waals surface area contributed by atoms with Gasteiger partial charge in [0, 0.05) is 37.5 Å². The van der Waals surface area contributed by atoms with Gasteiger partial charge in [-0.05, 0) is 42.8 Å². The molecule has 0 atom stereocenters. The summed E-state index contributed by atoms with van der Waals surface area (Å²) in [6, 6.07) is 21.4. The Morgan fingerprint density at radius 3 is 2.70 bits per heavy atom. The number of anilines is 2. The third kappa shape index (κ3) is 3.46. The number of ether oxygens (including phenoxy) is 1. The Kier molecular flexibility index (Phi) is 5.11. The highest BCUT2D eigenvalue weighted by atomic mass is 16.5. The maximum Gasteiger partial charge on any atom is 0.129 e. The van der Waals surface area contributed by atoms with Gasteiger partial charge in [0.1, 0.15) is 17.0 Å². The molecule has 2 heterocycles. The first kappa shape index (κ1) is 19.5. The second-order valence-corrected chi connectivity index (χ2v) is 7.38. The van der Waals surface area contributed by atoms with Gasteiger partial charge < -0.3 is 15.4 Å². The average molecular weight is 399 g/mol. The minimum absolute atomic E-state index is 0. The Bertz CT molecular complexity index is 1120. The van der Waals surface area contributed by atoms with E-state index in [0.29, 0.717) is 42.4 Å². The quantitative estimate of drug-likeness (QED) is 0.482. The molecule has 0 saturated carbocycles. The van der Waals surface area contributed by atoms with E-state index in [2.05, 4.69) is 16.0 Å². The maximum atomic E-state index is 9.79. The van der Waals surface area contributed by atoms with Gasteiger partial charge in [0.15, 0.2) is 0 Å². The van der Waals surface area contributed by atoms with E-state index in [1.807, 2.05) is 43.3 Å². The van der Waals surface area contributed by atoms with Crippen LogP contribution in [0.5, 0.6) is 5.75 Å². The van der Waals surface area contributed by atoms with Crippen LogP contribution < -0.4 is 15.4 Å². The Hall–Kier alpha value is -3.85. The van der Waals surface area contributed by atoms with Gasteiger partial charge in [0.25, 0.3) is 0 Å². The number of nitrogens with one attached hydrogen (secondary N) is 1. The van der Waals surface area contributed by atoms with Crippen molar-refractivity contribution in [1.29, 1.82) is 10.7 Å². The molecule has 1 aliphatic rings. The third-order valence-corrected chi connectivity index (χ3v) is 5.43. The lowest BCUT2D eigenvalue weighted by atomic mass is 9.75. The Morgan fingerprint density at radius 1 is 1.23 bits per heavy atom. The molecule has 3 N–H and O–H groups in total. The summed E-state index contributed by atoms with van der Waals surface area (Å²) in [5.41, 5.74) is 8.79. The topological polar surface area (TPSA) is 99.0 Å².